The van der Waals surface area contributed by atoms with Crippen LogP contribution in [0.1, 0.15) is 19.8 Å². The second kappa shape index (κ2) is 8.43. The zero-order valence-corrected chi connectivity index (χ0v) is 16.1. The highest BCUT2D eigenvalue weighted by Gasteiger charge is 2.33. The third-order valence-electron chi connectivity index (χ3n) is 4.58. The van der Waals surface area contributed by atoms with Gasteiger partial charge in [0.15, 0.2) is 9.84 Å². The number of sulfone groups is 1. The highest BCUT2D eigenvalue weighted by molar-refractivity contribution is 7.91. The lowest BCUT2D eigenvalue weighted by molar-refractivity contribution is 0.210. The summed E-state index contributed by atoms with van der Waals surface area (Å²) in [6, 6.07) is 15.0. The van der Waals surface area contributed by atoms with Gasteiger partial charge in [0.05, 0.1) is 22.9 Å². The van der Waals surface area contributed by atoms with Gasteiger partial charge in [-0.15, -0.1) is 0 Å². The van der Waals surface area contributed by atoms with Crippen LogP contribution in [0.15, 0.2) is 59.5 Å². The molecule has 2 amide bonds. The number of hydrogen-bond acceptors (Lipinski definition) is 4. The third-order valence-corrected chi connectivity index (χ3v) is 6.39. The number of nitrogens with one attached hydrogen (secondary N) is 1. The van der Waals surface area contributed by atoms with Crippen molar-refractivity contribution in [3.63, 3.8) is 0 Å². The molecule has 1 saturated heterocycles. The molecular formula is C20H24N2O4S. The quantitative estimate of drug-likeness (QED) is 0.821. The lowest BCUT2D eigenvalue weighted by atomic mass is 10.2. The number of carbonyl (C=O) groups is 1. The fourth-order valence-electron chi connectivity index (χ4n) is 3.29. The van der Waals surface area contributed by atoms with Gasteiger partial charge in [-0.25, -0.2) is 13.2 Å². The van der Waals surface area contributed by atoms with Gasteiger partial charge in [0, 0.05) is 12.6 Å². The molecular weight excluding hydrogens is 364 g/mol. The number of ether oxygens (including phenoxy) is 1. The van der Waals surface area contributed by atoms with E-state index in [1.54, 1.807) is 47.4 Å². The summed E-state index contributed by atoms with van der Waals surface area (Å²) >= 11 is 0. The van der Waals surface area contributed by atoms with Crippen LogP contribution >= 0.6 is 0 Å². The van der Waals surface area contributed by atoms with Crippen molar-refractivity contribution in [2.45, 2.75) is 30.7 Å². The molecule has 0 aromatic heterocycles. The second-order valence-electron chi connectivity index (χ2n) is 6.44. The van der Waals surface area contributed by atoms with Crippen LogP contribution in [-0.2, 0) is 9.84 Å². The largest absolute Gasteiger partial charge is 0.492 e. The summed E-state index contributed by atoms with van der Waals surface area (Å²) in [5.74, 6) is 0.526. The van der Waals surface area contributed by atoms with Crippen LogP contribution in [0.2, 0.25) is 0 Å². The van der Waals surface area contributed by atoms with Crippen molar-refractivity contribution in [2.24, 2.45) is 0 Å². The van der Waals surface area contributed by atoms with E-state index in [0.29, 0.717) is 35.9 Å². The van der Waals surface area contributed by atoms with Crippen molar-refractivity contribution in [1.82, 2.24) is 4.90 Å². The smallest absolute Gasteiger partial charge is 0.322 e. The van der Waals surface area contributed by atoms with E-state index in [9.17, 15) is 13.2 Å². The summed E-state index contributed by atoms with van der Waals surface area (Å²) in [5, 5.41) is 2.86. The summed E-state index contributed by atoms with van der Waals surface area (Å²) < 4.78 is 30.9. The number of urea groups is 1. The van der Waals surface area contributed by atoms with Crippen LogP contribution in [0.3, 0.4) is 0 Å². The average molecular weight is 388 g/mol. The fourth-order valence-corrected chi connectivity index (χ4v) is 4.91. The molecule has 6 nitrogen and oxygen atoms in total. The molecule has 3 rings (SSSR count). The van der Waals surface area contributed by atoms with Gasteiger partial charge >= 0.3 is 6.03 Å². The molecule has 1 fully saturated rings. The number of carbonyl (C=O) groups excluding carboxylic acids is 1. The minimum absolute atomic E-state index is 0.0719. The van der Waals surface area contributed by atoms with Gasteiger partial charge in [-0.3, -0.25) is 0 Å². The lowest BCUT2D eigenvalue weighted by Gasteiger charge is -2.25. The molecule has 0 aliphatic carbocycles. The maximum Gasteiger partial charge on any atom is 0.322 e. The molecule has 1 aliphatic rings. The van der Waals surface area contributed by atoms with E-state index in [2.05, 4.69) is 5.32 Å². The summed E-state index contributed by atoms with van der Waals surface area (Å²) in [6.07, 6.45) is 1.46. The first kappa shape index (κ1) is 19.2. The Balaban J connectivity index is 1.72. The van der Waals surface area contributed by atoms with E-state index >= 15 is 0 Å². The zero-order chi connectivity index (χ0) is 19.3. The SMILES string of the molecule is CCOc1ccccc1NC(=O)N1CCC[C@H]1CS(=O)(=O)c1ccccc1. The molecule has 0 radical (unpaired) electrons. The average Bonchev–Trinajstić information content (AvgIpc) is 3.12. The van der Waals surface area contributed by atoms with Gasteiger partial charge in [0.1, 0.15) is 5.75 Å². The summed E-state index contributed by atoms with van der Waals surface area (Å²) in [7, 11) is -3.45. The zero-order valence-electron chi connectivity index (χ0n) is 15.3. The van der Waals surface area contributed by atoms with Crippen molar-refractivity contribution in [1.29, 1.82) is 0 Å². The Bertz CT molecular complexity index is 884. The van der Waals surface area contributed by atoms with Crippen molar-refractivity contribution in [3.05, 3.63) is 54.6 Å². The van der Waals surface area contributed by atoms with E-state index in [1.807, 2.05) is 19.1 Å². The number of hydrogen-bond donors (Lipinski definition) is 1. The number of benzene rings is 2. The first-order valence-electron chi connectivity index (χ1n) is 9.08. The number of anilines is 1. The van der Waals surface area contributed by atoms with Gasteiger partial charge < -0.3 is 15.0 Å². The molecule has 1 N–H and O–H groups in total. The number of para-hydroxylation sites is 2. The van der Waals surface area contributed by atoms with Gasteiger partial charge in [-0.05, 0) is 44.0 Å². The lowest BCUT2D eigenvalue weighted by Crippen LogP contribution is -2.42. The molecule has 0 unspecified atom stereocenters. The predicted octanol–water partition coefficient (Wildman–Crippen LogP) is 3.56. The Morgan fingerprint density at radius 2 is 1.85 bits per heavy atom. The second-order valence-corrected chi connectivity index (χ2v) is 8.48. The van der Waals surface area contributed by atoms with Crippen LogP contribution in [-0.4, -0.2) is 44.3 Å². The van der Waals surface area contributed by atoms with E-state index in [4.69, 9.17) is 4.74 Å². The standard InChI is InChI=1S/C20H24N2O4S/c1-2-26-19-13-7-6-12-18(19)21-20(23)22-14-8-9-16(22)15-27(24,25)17-10-4-3-5-11-17/h3-7,10-13,16H,2,8-9,14-15H2,1H3,(H,21,23)/t16-/m0/s1. The van der Waals surface area contributed by atoms with Crippen LogP contribution in [0, 0.1) is 0 Å². The molecule has 2 aromatic carbocycles. The first-order valence-corrected chi connectivity index (χ1v) is 10.7. The Labute approximate surface area is 160 Å². The minimum atomic E-state index is -3.45. The van der Waals surface area contributed by atoms with Gasteiger partial charge in [-0.2, -0.15) is 0 Å². The normalized spacial score (nSPS) is 16.9. The van der Waals surface area contributed by atoms with Crippen LogP contribution < -0.4 is 10.1 Å². The fraction of sp³-hybridized carbons (Fsp3) is 0.350. The predicted molar refractivity (Wildman–Crippen MR) is 105 cm³/mol. The molecule has 27 heavy (non-hydrogen) atoms. The first-order chi connectivity index (χ1) is 13.0. The van der Waals surface area contributed by atoms with Crippen molar-refractivity contribution in [2.75, 3.05) is 24.2 Å². The molecule has 7 heteroatoms. The highest BCUT2D eigenvalue weighted by Crippen LogP contribution is 2.27. The van der Waals surface area contributed by atoms with Gasteiger partial charge in [-0.1, -0.05) is 30.3 Å². The molecule has 0 bridgehead atoms. The molecule has 144 valence electrons. The maximum atomic E-state index is 12.8. The number of likely N-dealkylation sites (tertiary alicyclic amines) is 1. The molecule has 0 saturated carbocycles. The Morgan fingerprint density at radius 3 is 2.59 bits per heavy atom. The van der Waals surface area contributed by atoms with E-state index in [0.717, 1.165) is 6.42 Å². The van der Waals surface area contributed by atoms with E-state index < -0.39 is 9.84 Å². The van der Waals surface area contributed by atoms with Crippen molar-refractivity contribution >= 4 is 21.6 Å². The summed E-state index contributed by atoms with van der Waals surface area (Å²) in [5.41, 5.74) is 0.584. The third kappa shape index (κ3) is 4.60. The van der Waals surface area contributed by atoms with Crippen LogP contribution in [0.4, 0.5) is 10.5 Å². The number of nitrogens with zero attached hydrogens (tertiary/aromatic N) is 1. The van der Waals surface area contributed by atoms with Crippen LogP contribution in [0.25, 0.3) is 0 Å². The number of rotatable bonds is 6. The van der Waals surface area contributed by atoms with Crippen molar-refractivity contribution in [3.8, 4) is 5.75 Å². The molecule has 1 aliphatic heterocycles. The Kier molecular flexibility index (Phi) is 6.01. The Hall–Kier alpha value is -2.54. The minimum Gasteiger partial charge on any atom is -0.492 e. The van der Waals surface area contributed by atoms with E-state index in [1.165, 1.54) is 0 Å². The van der Waals surface area contributed by atoms with Crippen LogP contribution in [0.5, 0.6) is 5.75 Å². The van der Waals surface area contributed by atoms with Gasteiger partial charge in [0.2, 0.25) is 0 Å². The van der Waals surface area contributed by atoms with Gasteiger partial charge in [0.25, 0.3) is 0 Å². The molecule has 1 heterocycles. The van der Waals surface area contributed by atoms with E-state index in [-0.39, 0.29) is 17.8 Å². The Morgan fingerprint density at radius 1 is 1.15 bits per heavy atom. The topological polar surface area (TPSA) is 75.7 Å². The summed E-state index contributed by atoms with van der Waals surface area (Å²) in [4.78, 5) is 14.7. The molecule has 0 spiro atoms. The molecule has 2 aromatic rings. The highest BCUT2D eigenvalue weighted by atomic mass is 32.2. The molecule has 1 atom stereocenters. The van der Waals surface area contributed by atoms with Crippen molar-refractivity contribution < 1.29 is 17.9 Å². The monoisotopic (exact) mass is 388 g/mol. The maximum absolute atomic E-state index is 12.8. The number of amides is 2. The summed E-state index contributed by atoms with van der Waals surface area (Å²) in [6.45, 7) is 2.91.